The smallest absolute Gasteiger partial charge is 0.434 e. The molecule has 0 bridgehead atoms. The Morgan fingerprint density at radius 1 is 0.793 bits per heavy atom. The highest BCUT2D eigenvalue weighted by atomic mass is 17.2. The van der Waals surface area contributed by atoms with E-state index in [1.807, 2.05) is 0 Å². The van der Waals surface area contributed by atoms with E-state index in [-0.39, 0.29) is 29.2 Å². The number of rotatable bonds is 5. The number of hydrogen-bond donors (Lipinski definition) is 1. The lowest BCUT2D eigenvalue weighted by Crippen LogP contribution is -2.23. The van der Waals surface area contributed by atoms with E-state index in [2.05, 4.69) is 19.8 Å². The van der Waals surface area contributed by atoms with Gasteiger partial charge in [0.1, 0.15) is 22.6 Å². The van der Waals surface area contributed by atoms with Gasteiger partial charge >= 0.3 is 24.2 Å². The zero-order valence-corrected chi connectivity index (χ0v) is 15.5. The Morgan fingerprint density at radius 2 is 1.28 bits per heavy atom. The Labute approximate surface area is 165 Å². The topological polar surface area (TPSA) is 126 Å². The number of nitrogens with one attached hydrogen (secondary N) is 1. The normalized spacial score (nSPS) is 9.72. The highest BCUT2D eigenvalue weighted by molar-refractivity contribution is 5.96. The maximum absolute atomic E-state index is 12.2. The fraction of sp³-hybridized carbons (Fsp3) is 0.158. The molecule has 0 saturated heterocycles. The van der Waals surface area contributed by atoms with Gasteiger partial charge in [0.2, 0.25) is 0 Å². The van der Waals surface area contributed by atoms with Crippen molar-refractivity contribution in [3.8, 4) is 11.5 Å². The summed E-state index contributed by atoms with van der Waals surface area (Å²) in [5.41, 5.74) is -0.330. The van der Waals surface area contributed by atoms with Crippen molar-refractivity contribution in [2.24, 2.45) is 0 Å². The molecule has 29 heavy (non-hydrogen) atoms. The van der Waals surface area contributed by atoms with Gasteiger partial charge in [0, 0.05) is 7.05 Å². The molecule has 0 fully saturated rings. The summed E-state index contributed by atoms with van der Waals surface area (Å²) < 4.78 is 14.5. The minimum absolute atomic E-state index is 0.0839. The van der Waals surface area contributed by atoms with Crippen LogP contribution in [0.4, 0.5) is 9.59 Å². The molecule has 10 nitrogen and oxygen atoms in total. The van der Waals surface area contributed by atoms with Gasteiger partial charge in [-0.1, -0.05) is 24.3 Å². The van der Waals surface area contributed by atoms with Crippen LogP contribution in [-0.2, 0) is 14.5 Å². The molecule has 0 heterocycles. The van der Waals surface area contributed by atoms with Crippen molar-refractivity contribution in [2.75, 3.05) is 13.7 Å². The van der Waals surface area contributed by atoms with Crippen molar-refractivity contribution in [3.05, 3.63) is 59.7 Å². The van der Waals surface area contributed by atoms with Crippen LogP contribution in [-0.4, -0.2) is 37.8 Å². The van der Waals surface area contributed by atoms with Crippen LogP contribution >= 0.6 is 0 Å². The van der Waals surface area contributed by atoms with Crippen LogP contribution in [0.3, 0.4) is 0 Å². The molecule has 152 valence electrons. The predicted octanol–water partition coefficient (Wildman–Crippen LogP) is 2.87. The van der Waals surface area contributed by atoms with Crippen LogP contribution < -0.4 is 14.8 Å². The molecule has 1 amide bonds. The van der Waals surface area contributed by atoms with Crippen LogP contribution in [0.15, 0.2) is 48.5 Å². The van der Waals surface area contributed by atoms with Gasteiger partial charge in [-0.15, -0.1) is 0 Å². The first-order chi connectivity index (χ1) is 14.0. The molecule has 0 radical (unpaired) electrons. The Bertz CT molecular complexity index is 910. The van der Waals surface area contributed by atoms with E-state index in [4.69, 9.17) is 9.47 Å². The molecule has 0 unspecified atom stereocenters. The number of hydrogen-bond acceptors (Lipinski definition) is 9. The zero-order valence-electron chi connectivity index (χ0n) is 15.5. The fourth-order valence-electron chi connectivity index (χ4n) is 2.00. The maximum atomic E-state index is 12.2. The average Bonchev–Trinajstić information content (AvgIpc) is 2.72. The summed E-state index contributed by atoms with van der Waals surface area (Å²) in [5, 5.41) is 2.23. The van der Waals surface area contributed by atoms with Crippen LogP contribution in [0.5, 0.6) is 11.5 Å². The summed E-state index contributed by atoms with van der Waals surface area (Å²) in [4.78, 5) is 56.3. The molecule has 0 aliphatic rings. The zero-order chi connectivity index (χ0) is 21.2. The molecule has 2 aromatic carbocycles. The molecule has 0 atom stereocenters. The van der Waals surface area contributed by atoms with Crippen molar-refractivity contribution in [2.45, 2.75) is 6.92 Å². The predicted molar refractivity (Wildman–Crippen MR) is 96.4 cm³/mol. The molecular formula is C19H17NO9. The summed E-state index contributed by atoms with van der Waals surface area (Å²) in [6.45, 7) is 1.67. The van der Waals surface area contributed by atoms with Crippen LogP contribution in [0.25, 0.3) is 0 Å². The molecular weight excluding hydrogens is 386 g/mol. The quantitative estimate of drug-likeness (QED) is 0.347. The maximum Gasteiger partial charge on any atom is 0.513 e. The average molecular weight is 403 g/mol. The standard InChI is InChI=1S/C19H17NO9/c1-3-25-19(24)27-15-11-7-5-9-13(15)17(22)29-28-16(21)12-8-4-6-10-14(12)26-18(23)20-2/h4-11H,3H2,1-2H3,(H,20,23). The van der Waals surface area contributed by atoms with E-state index in [0.29, 0.717) is 0 Å². The lowest BCUT2D eigenvalue weighted by atomic mass is 10.2. The van der Waals surface area contributed by atoms with E-state index in [1.165, 1.54) is 55.6 Å². The van der Waals surface area contributed by atoms with E-state index < -0.39 is 24.2 Å². The summed E-state index contributed by atoms with van der Waals surface area (Å²) in [5.74, 6) is -2.42. The van der Waals surface area contributed by atoms with Gasteiger partial charge in [-0.2, -0.15) is 0 Å². The van der Waals surface area contributed by atoms with Crippen molar-refractivity contribution < 1.29 is 43.2 Å². The Morgan fingerprint density at radius 3 is 1.76 bits per heavy atom. The summed E-state index contributed by atoms with van der Waals surface area (Å²) >= 11 is 0. The van der Waals surface area contributed by atoms with Gasteiger partial charge in [-0.05, 0) is 31.2 Å². The molecule has 0 aliphatic carbocycles. The second-order valence-electron chi connectivity index (χ2n) is 5.16. The molecule has 0 spiro atoms. The molecule has 0 aliphatic heterocycles. The largest absolute Gasteiger partial charge is 0.513 e. The van der Waals surface area contributed by atoms with Crippen LogP contribution in [0.2, 0.25) is 0 Å². The number of ether oxygens (including phenoxy) is 3. The lowest BCUT2D eigenvalue weighted by Gasteiger charge is -2.10. The van der Waals surface area contributed by atoms with Gasteiger partial charge in [-0.3, -0.25) is 0 Å². The first kappa shape index (κ1) is 21.2. The third-order valence-corrected chi connectivity index (χ3v) is 3.27. The van der Waals surface area contributed by atoms with E-state index in [1.54, 1.807) is 6.92 Å². The summed E-state index contributed by atoms with van der Waals surface area (Å²) in [6, 6.07) is 11.3. The van der Waals surface area contributed by atoms with Gasteiger partial charge in [-0.25, -0.2) is 29.0 Å². The number of benzene rings is 2. The van der Waals surface area contributed by atoms with Crippen LogP contribution in [0, 0.1) is 0 Å². The SMILES string of the molecule is CCOC(=O)Oc1ccccc1C(=O)OOC(=O)c1ccccc1OC(=O)NC. The Balaban J connectivity index is 2.08. The molecule has 0 saturated carbocycles. The fourth-order valence-corrected chi connectivity index (χ4v) is 2.00. The number of carbonyl (C=O) groups excluding carboxylic acids is 4. The van der Waals surface area contributed by atoms with Crippen LogP contribution in [0.1, 0.15) is 27.6 Å². The van der Waals surface area contributed by atoms with E-state index in [0.717, 1.165) is 0 Å². The summed E-state index contributed by atoms with van der Waals surface area (Å²) in [6.07, 6.45) is -1.81. The highest BCUT2D eigenvalue weighted by Crippen LogP contribution is 2.22. The molecule has 2 rings (SSSR count). The van der Waals surface area contributed by atoms with Crippen molar-refractivity contribution in [3.63, 3.8) is 0 Å². The Hall–Kier alpha value is -4.08. The molecule has 1 N–H and O–H groups in total. The van der Waals surface area contributed by atoms with E-state index >= 15 is 0 Å². The van der Waals surface area contributed by atoms with Gasteiger partial charge in [0.05, 0.1) is 6.61 Å². The number of carbonyl (C=O) groups is 4. The number of para-hydroxylation sites is 2. The monoisotopic (exact) mass is 403 g/mol. The molecule has 0 aromatic heterocycles. The van der Waals surface area contributed by atoms with Crippen molar-refractivity contribution >= 4 is 24.2 Å². The van der Waals surface area contributed by atoms with Crippen molar-refractivity contribution in [1.29, 1.82) is 0 Å². The third kappa shape index (κ3) is 5.96. The number of amides is 1. The third-order valence-electron chi connectivity index (χ3n) is 3.27. The molecule has 10 heteroatoms. The highest BCUT2D eigenvalue weighted by Gasteiger charge is 2.22. The van der Waals surface area contributed by atoms with Crippen molar-refractivity contribution in [1.82, 2.24) is 5.32 Å². The van der Waals surface area contributed by atoms with E-state index in [9.17, 15) is 19.2 Å². The summed E-state index contributed by atoms with van der Waals surface area (Å²) in [7, 11) is 1.35. The lowest BCUT2D eigenvalue weighted by molar-refractivity contribution is -0.187. The minimum Gasteiger partial charge on any atom is -0.434 e. The minimum atomic E-state index is -1.09. The second kappa shape index (κ2) is 10.3. The van der Waals surface area contributed by atoms with Gasteiger partial charge in [0.25, 0.3) is 0 Å². The first-order valence-electron chi connectivity index (χ1n) is 8.31. The molecule has 2 aromatic rings. The Kier molecular flexibility index (Phi) is 7.54. The second-order valence-corrected chi connectivity index (χ2v) is 5.16. The van der Waals surface area contributed by atoms with Gasteiger partial charge in [0.15, 0.2) is 0 Å². The first-order valence-corrected chi connectivity index (χ1v) is 8.31. The van der Waals surface area contributed by atoms with Gasteiger partial charge < -0.3 is 19.5 Å².